The van der Waals surface area contributed by atoms with Crippen LogP contribution in [0.15, 0.2) is 18.2 Å². The summed E-state index contributed by atoms with van der Waals surface area (Å²) in [6.45, 7) is 2.46. The highest BCUT2D eigenvalue weighted by Gasteiger charge is 2.32. The van der Waals surface area contributed by atoms with E-state index in [1.165, 1.54) is 16.4 Å². The van der Waals surface area contributed by atoms with Crippen molar-refractivity contribution in [2.24, 2.45) is 0 Å². The first-order valence-electron chi connectivity index (χ1n) is 6.76. The standard InChI is InChI=1S/C12H16N4O6S/c1-9-8-13(5-6-14(9)23(2,21)22)11-4-3-10(15(17)18)7-12(11)16(19)20/h3-4,7,9H,5-6,8H2,1-2H3/t9-/m1/s1. The summed E-state index contributed by atoms with van der Waals surface area (Å²) in [7, 11) is -3.34. The predicted molar refractivity (Wildman–Crippen MR) is 83.0 cm³/mol. The highest BCUT2D eigenvalue weighted by Crippen LogP contribution is 2.33. The molecule has 0 bridgehead atoms. The van der Waals surface area contributed by atoms with Crippen LogP contribution in [0.5, 0.6) is 0 Å². The lowest BCUT2D eigenvalue weighted by atomic mass is 10.1. The van der Waals surface area contributed by atoms with Gasteiger partial charge >= 0.3 is 0 Å². The van der Waals surface area contributed by atoms with Gasteiger partial charge in [-0.25, -0.2) is 8.42 Å². The number of rotatable bonds is 4. The van der Waals surface area contributed by atoms with Crippen molar-refractivity contribution in [1.82, 2.24) is 4.31 Å². The van der Waals surface area contributed by atoms with Gasteiger partial charge in [-0.3, -0.25) is 20.2 Å². The van der Waals surface area contributed by atoms with Crippen LogP contribution in [0.2, 0.25) is 0 Å². The maximum Gasteiger partial charge on any atom is 0.299 e. The Morgan fingerprint density at radius 1 is 1.17 bits per heavy atom. The lowest BCUT2D eigenvalue weighted by Crippen LogP contribution is -2.53. The summed E-state index contributed by atoms with van der Waals surface area (Å²) >= 11 is 0. The van der Waals surface area contributed by atoms with E-state index in [-0.39, 0.29) is 42.7 Å². The van der Waals surface area contributed by atoms with Gasteiger partial charge in [0.05, 0.1) is 22.2 Å². The summed E-state index contributed by atoms with van der Waals surface area (Å²) in [5.74, 6) is 0. The monoisotopic (exact) mass is 344 g/mol. The van der Waals surface area contributed by atoms with Gasteiger partial charge < -0.3 is 4.90 Å². The molecule has 1 heterocycles. The van der Waals surface area contributed by atoms with E-state index in [0.717, 1.165) is 12.3 Å². The molecule has 1 aliphatic heterocycles. The van der Waals surface area contributed by atoms with Crippen LogP contribution in [0.3, 0.4) is 0 Å². The van der Waals surface area contributed by atoms with Crippen LogP contribution in [0.25, 0.3) is 0 Å². The minimum atomic E-state index is -3.34. The van der Waals surface area contributed by atoms with Crippen molar-refractivity contribution in [3.8, 4) is 0 Å². The van der Waals surface area contributed by atoms with Gasteiger partial charge in [0, 0.05) is 31.7 Å². The molecule has 1 atom stereocenters. The van der Waals surface area contributed by atoms with Crippen LogP contribution in [0.1, 0.15) is 6.92 Å². The van der Waals surface area contributed by atoms with Crippen molar-refractivity contribution in [2.45, 2.75) is 13.0 Å². The van der Waals surface area contributed by atoms with Gasteiger partial charge in [0.2, 0.25) is 10.0 Å². The zero-order valence-electron chi connectivity index (χ0n) is 12.6. The van der Waals surface area contributed by atoms with Gasteiger partial charge in [-0.1, -0.05) is 0 Å². The number of nitro benzene ring substituents is 2. The Morgan fingerprint density at radius 3 is 2.30 bits per heavy atom. The van der Waals surface area contributed by atoms with Crippen LogP contribution >= 0.6 is 0 Å². The highest BCUT2D eigenvalue weighted by atomic mass is 32.2. The fourth-order valence-electron chi connectivity index (χ4n) is 2.69. The summed E-state index contributed by atoms with van der Waals surface area (Å²) in [4.78, 5) is 22.3. The molecule has 23 heavy (non-hydrogen) atoms. The molecule has 0 aliphatic carbocycles. The van der Waals surface area contributed by atoms with Crippen molar-refractivity contribution in [1.29, 1.82) is 0 Å². The summed E-state index contributed by atoms with van der Waals surface area (Å²) in [6.07, 6.45) is 1.12. The average molecular weight is 344 g/mol. The van der Waals surface area contributed by atoms with Gasteiger partial charge in [-0.15, -0.1) is 0 Å². The molecule has 0 saturated carbocycles. The Hall–Kier alpha value is -2.27. The zero-order valence-corrected chi connectivity index (χ0v) is 13.4. The molecule has 1 aromatic carbocycles. The first-order valence-corrected chi connectivity index (χ1v) is 8.60. The van der Waals surface area contributed by atoms with Crippen molar-refractivity contribution in [3.63, 3.8) is 0 Å². The van der Waals surface area contributed by atoms with E-state index in [4.69, 9.17) is 0 Å². The quantitative estimate of drug-likeness (QED) is 0.588. The maximum atomic E-state index is 11.7. The molecule has 1 aromatic rings. The van der Waals surface area contributed by atoms with Crippen LogP contribution < -0.4 is 4.90 Å². The minimum absolute atomic E-state index is 0.203. The lowest BCUT2D eigenvalue weighted by Gasteiger charge is -2.39. The Labute approximate surface area is 132 Å². The molecule has 0 amide bonds. The van der Waals surface area contributed by atoms with E-state index < -0.39 is 19.9 Å². The molecule has 0 radical (unpaired) electrons. The molecule has 0 spiro atoms. The number of sulfonamides is 1. The number of nitrogens with zero attached hydrogens (tertiary/aromatic N) is 4. The summed E-state index contributed by atoms with van der Waals surface area (Å²) in [5, 5.41) is 22.0. The Kier molecular flexibility index (Phi) is 4.52. The van der Waals surface area contributed by atoms with Crippen LogP contribution in [0.4, 0.5) is 17.1 Å². The van der Waals surface area contributed by atoms with Gasteiger partial charge in [0.1, 0.15) is 5.69 Å². The van der Waals surface area contributed by atoms with E-state index in [1.807, 2.05) is 0 Å². The third-order valence-electron chi connectivity index (χ3n) is 3.70. The van der Waals surface area contributed by atoms with Gasteiger partial charge in [0.25, 0.3) is 11.4 Å². The van der Waals surface area contributed by atoms with Crippen LogP contribution in [-0.4, -0.2) is 54.5 Å². The van der Waals surface area contributed by atoms with Crippen molar-refractivity contribution < 1.29 is 18.3 Å². The Morgan fingerprint density at radius 2 is 1.83 bits per heavy atom. The molecule has 126 valence electrons. The molecule has 1 saturated heterocycles. The van der Waals surface area contributed by atoms with E-state index in [1.54, 1.807) is 11.8 Å². The first-order chi connectivity index (χ1) is 10.6. The number of anilines is 1. The molecule has 2 rings (SSSR count). The second-order valence-electron chi connectivity index (χ2n) is 5.36. The minimum Gasteiger partial charge on any atom is -0.363 e. The van der Waals surface area contributed by atoms with E-state index >= 15 is 0 Å². The van der Waals surface area contributed by atoms with E-state index in [0.29, 0.717) is 0 Å². The molecular formula is C12H16N4O6S. The molecule has 1 fully saturated rings. The number of hydrogen-bond acceptors (Lipinski definition) is 7. The van der Waals surface area contributed by atoms with Crippen LogP contribution in [0, 0.1) is 20.2 Å². The molecule has 0 N–H and O–H groups in total. The van der Waals surface area contributed by atoms with E-state index in [9.17, 15) is 28.6 Å². The number of piperazine rings is 1. The van der Waals surface area contributed by atoms with Crippen molar-refractivity contribution in [3.05, 3.63) is 38.4 Å². The second-order valence-corrected chi connectivity index (χ2v) is 7.29. The summed E-state index contributed by atoms with van der Waals surface area (Å²) < 4.78 is 24.7. The van der Waals surface area contributed by atoms with Crippen molar-refractivity contribution in [2.75, 3.05) is 30.8 Å². The number of hydrogen-bond donors (Lipinski definition) is 0. The maximum absolute atomic E-state index is 11.7. The third kappa shape index (κ3) is 3.56. The third-order valence-corrected chi connectivity index (χ3v) is 5.09. The first kappa shape index (κ1) is 17.1. The topological polar surface area (TPSA) is 127 Å². The molecule has 0 aromatic heterocycles. The average Bonchev–Trinajstić information content (AvgIpc) is 2.44. The van der Waals surface area contributed by atoms with Crippen molar-refractivity contribution >= 4 is 27.1 Å². The SMILES string of the molecule is C[C@@H]1CN(c2ccc([N+](=O)[O-])cc2[N+](=O)[O-])CCN1S(C)(=O)=O. The number of benzene rings is 1. The lowest BCUT2D eigenvalue weighted by molar-refractivity contribution is -0.393. The highest BCUT2D eigenvalue weighted by molar-refractivity contribution is 7.88. The fourth-order valence-corrected chi connectivity index (χ4v) is 3.83. The number of nitro groups is 2. The largest absolute Gasteiger partial charge is 0.363 e. The smallest absolute Gasteiger partial charge is 0.299 e. The molecular weight excluding hydrogens is 328 g/mol. The van der Waals surface area contributed by atoms with Crippen LogP contribution in [-0.2, 0) is 10.0 Å². The zero-order chi connectivity index (χ0) is 17.4. The summed E-state index contributed by atoms with van der Waals surface area (Å²) in [5.41, 5.74) is -0.469. The summed E-state index contributed by atoms with van der Waals surface area (Å²) in [6, 6.07) is 3.10. The molecule has 1 aliphatic rings. The predicted octanol–water partition coefficient (Wildman–Crippen LogP) is 0.973. The fraction of sp³-hybridized carbons (Fsp3) is 0.500. The van der Waals surface area contributed by atoms with Gasteiger partial charge in [0.15, 0.2) is 0 Å². The van der Waals surface area contributed by atoms with Gasteiger partial charge in [-0.05, 0) is 13.0 Å². The van der Waals surface area contributed by atoms with Gasteiger partial charge in [-0.2, -0.15) is 4.31 Å². The Balaban J connectivity index is 2.33. The molecule has 0 unspecified atom stereocenters. The molecule has 10 nitrogen and oxygen atoms in total. The molecule has 11 heteroatoms. The number of non-ortho nitro benzene ring substituents is 1. The van der Waals surface area contributed by atoms with E-state index in [2.05, 4.69) is 0 Å². The Bertz CT molecular complexity index is 750. The normalized spacial score (nSPS) is 19.6. The second kappa shape index (κ2) is 6.08.